The highest BCUT2D eigenvalue weighted by Gasteiger charge is 2.18. The van der Waals surface area contributed by atoms with E-state index in [9.17, 15) is 9.59 Å². The van der Waals surface area contributed by atoms with Crippen LogP contribution in [0.15, 0.2) is 12.1 Å². The van der Waals surface area contributed by atoms with Crippen molar-refractivity contribution >= 4 is 23.2 Å². The molecule has 24 heavy (non-hydrogen) atoms. The van der Waals surface area contributed by atoms with Crippen molar-refractivity contribution in [1.29, 1.82) is 0 Å². The van der Waals surface area contributed by atoms with Crippen molar-refractivity contribution in [1.82, 2.24) is 15.5 Å². The molecule has 2 amide bonds. The number of ether oxygens (including phenoxy) is 2. The highest BCUT2D eigenvalue weighted by molar-refractivity contribution is 7.12. The fourth-order valence-corrected chi connectivity index (χ4v) is 3.38. The molecule has 0 radical (unpaired) electrons. The third kappa shape index (κ3) is 5.86. The first-order valence-electron chi connectivity index (χ1n) is 8.05. The Morgan fingerprint density at radius 3 is 2.62 bits per heavy atom. The van der Waals surface area contributed by atoms with Crippen LogP contribution >= 0.6 is 11.3 Å². The van der Waals surface area contributed by atoms with E-state index in [1.807, 2.05) is 19.1 Å². The lowest BCUT2D eigenvalue weighted by Crippen LogP contribution is -2.45. The van der Waals surface area contributed by atoms with Crippen LogP contribution in [0.2, 0.25) is 0 Å². The van der Waals surface area contributed by atoms with Gasteiger partial charge >= 0.3 is 11.8 Å². The molecule has 1 aromatic rings. The molecule has 2 heterocycles. The van der Waals surface area contributed by atoms with Gasteiger partial charge in [-0.25, -0.2) is 0 Å². The minimum atomic E-state index is -0.632. The molecule has 1 atom stereocenters. The molecule has 2 rings (SSSR count). The van der Waals surface area contributed by atoms with Crippen LogP contribution in [0.5, 0.6) is 0 Å². The van der Waals surface area contributed by atoms with E-state index in [2.05, 4.69) is 15.5 Å². The second-order valence-electron chi connectivity index (χ2n) is 5.59. The standard InChI is InChI=1S/C16H25N3O4S/c1-12-3-4-14(24-12)13(22-2)11-18-16(21)15(20)17-5-6-19-7-9-23-10-8-19/h3-4,13H,5-11H2,1-2H3,(H,17,20)(H,18,21). The molecule has 1 aliphatic rings. The van der Waals surface area contributed by atoms with Crippen LogP contribution in [0.4, 0.5) is 0 Å². The minimum absolute atomic E-state index is 0.242. The van der Waals surface area contributed by atoms with Gasteiger partial charge in [0.05, 0.1) is 13.2 Å². The van der Waals surface area contributed by atoms with E-state index in [1.165, 1.54) is 4.88 Å². The Labute approximate surface area is 146 Å². The second kappa shape index (κ2) is 9.73. The first kappa shape index (κ1) is 18.9. The van der Waals surface area contributed by atoms with Gasteiger partial charge in [0.2, 0.25) is 0 Å². The van der Waals surface area contributed by atoms with Gasteiger partial charge in [0.15, 0.2) is 0 Å². The molecule has 0 aromatic carbocycles. The monoisotopic (exact) mass is 355 g/mol. The number of nitrogens with zero attached hydrogens (tertiary/aromatic N) is 1. The van der Waals surface area contributed by atoms with E-state index >= 15 is 0 Å². The number of aryl methyl sites for hydroxylation is 1. The Balaban J connectivity index is 1.67. The Kier molecular flexibility index (Phi) is 7.64. The van der Waals surface area contributed by atoms with Crippen LogP contribution in [0, 0.1) is 6.92 Å². The summed E-state index contributed by atoms with van der Waals surface area (Å²) < 4.78 is 10.6. The van der Waals surface area contributed by atoms with Crippen molar-refractivity contribution in [2.24, 2.45) is 0 Å². The zero-order valence-electron chi connectivity index (χ0n) is 14.2. The molecule has 134 valence electrons. The molecule has 1 fully saturated rings. The number of rotatable bonds is 7. The maximum absolute atomic E-state index is 11.9. The Bertz CT molecular complexity index is 543. The minimum Gasteiger partial charge on any atom is -0.379 e. The smallest absolute Gasteiger partial charge is 0.309 e. The second-order valence-corrected chi connectivity index (χ2v) is 6.91. The summed E-state index contributed by atoms with van der Waals surface area (Å²) in [5.41, 5.74) is 0. The number of methoxy groups -OCH3 is 1. The van der Waals surface area contributed by atoms with Crippen molar-refractivity contribution < 1.29 is 19.1 Å². The third-order valence-electron chi connectivity index (χ3n) is 3.83. The van der Waals surface area contributed by atoms with Gasteiger partial charge in [-0.2, -0.15) is 0 Å². The predicted molar refractivity (Wildman–Crippen MR) is 92.1 cm³/mol. The highest BCUT2D eigenvalue weighted by Crippen LogP contribution is 2.24. The number of amides is 2. The average Bonchev–Trinajstić information content (AvgIpc) is 3.02. The van der Waals surface area contributed by atoms with E-state index in [0.29, 0.717) is 6.54 Å². The number of hydrogen-bond acceptors (Lipinski definition) is 6. The summed E-state index contributed by atoms with van der Waals surface area (Å²) in [5.74, 6) is -1.24. The summed E-state index contributed by atoms with van der Waals surface area (Å²) in [4.78, 5) is 28.1. The molecule has 0 aliphatic carbocycles. The Hall–Kier alpha value is -1.48. The molecule has 1 saturated heterocycles. The topological polar surface area (TPSA) is 79.9 Å². The maximum Gasteiger partial charge on any atom is 0.309 e. The molecule has 1 aliphatic heterocycles. The molecular formula is C16H25N3O4S. The Morgan fingerprint density at radius 2 is 2.00 bits per heavy atom. The van der Waals surface area contributed by atoms with E-state index in [0.717, 1.165) is 37.7 Å². The summed E-state index contributed by atoms with van der Waals surface area (Å²) in [5, 5.41) is 5.27. The highest BCUT2D eigenvalue weighted by atomic mass is 32.1. The van der Waals surface area contributed by atoms with Crippen molar-refractivity contribution in [3.63, 3.8) is 0 Å². The molecule has 0 saturated carbocycles. The lowest BCUT2D eigenvalue weighted by atomic mass is 10.3. The van der Waals surface area contributed by atoms with Crippen LogP contribution in [0.1, 0.15) is 15.9 Å². The van der Waals surface area contributed by atoms with Gasteiger partial charge in [0.25, 0.3) is 0 Å². The van der Waals surface area contributed by atoms with E-state index in [-0.39, 0.29) is 12.6 Å². The largest absolute Gasteiger partial charge is 0.379 e. The van der Waals surface area contributed by atoms with E-state index in [1.54, 1.807) is 18.4 Å². The number of nitrogens with one attached hydrogen (secondary N) is 2. The first-order valence-corrected chi connectivity index (χ1v) is 8.87. The molecule has 1 aromatic heterocycles. The summed E-state index contributed by atoms with van der Waals surface area (Å²) >= 11 is 1.62. The van der Waals surface area contributed by atoms with Crippen LogP contribution in [-0.2, 0) is 19.1 Å². The molecule has 0 spiro atoms. The van der Waals surface area contributed by atoms with Crippen molar-refractivity contribution in [3.05, 3.63) is 21.9 Å². The quantitative estimate of drug-likeness (QED) is 0.688. The number of hydrogen-bond donors (Lipinski definition) is 2. The molecule has 0 bridgehead atoms. The van der Waals surface area contributed by atoms with Gasteiger partial charge in [-0.1, -0.05) is 0 Å². The summed E-state index contributed by atoms with van der Waals surface area (Å²) in [6.07, 6.45) is -0.242. The average molecular weight is 355 g/mol. The van der Waals surface area contributed by atoms with Gasteiger partial charge in [-0.3, -0.25) is 14.5 Å². The van der Waals surface area contributed by atoms with Crippen molar-refractivity contribution in [2.45, 2.75) is 13.0 Å². The molecule has 2 N–H and O–H groups in total. The fourth-order valence-electron chi connectivity index (χ4n) is 2.42. The number of carbonyl (C=O) groups excluding carboxylic acids is 2. The normalized spacial score (nSPS) is 16.6. The van der Waals surface area contributed by atoms with E-state index < -0.39 is 11.8 Å². The Morgan fingerprint density at radius 1 is 1.29 bits per heavy atom. The first-order chi connectivity index (χ1) is 11.6. The fraction of sp³-hybridized carbons (Fsp3) is 0.625. The predicted octanol–water partition coefficient (Wildman–Crippen LogP) is 0.309. The van der Waals surface area contributed by atoms with Crippen molar-refractivity contribution in [3.8, 4) is 0 Å². The van der Waals surface area contributed by atoms with Crippen molar-refractivity contribution in [2.75, 3.05) is 53.0 Å². The maximum atomic E-state index is 11.9. The van der Waals surface area contributed by atoms with Crippen LogP contribution < -0.4 is 10.6 Å². The molecule has 8 heteroatoms. The molecule has 7 nitrogen and oxygen atoms in total. The zero-order chi connectivity index (χ0) is 17.4. The van der Waals surface area contributed by atoms with Gasteiger partial charge in [0.1, 0.15) is 6.10 Å². The van der Waals surface area contributed by atoms with Crippen LogP contribution in [0.3, 0.4) is 0 Å². The summed E-state index contributed by atoms with van der Waals surface area (Å²) in [6, 6.07) is 3.98. The lowest BCUT2D eigenvalue weighted by Gasteiger charge is -2.26. The number of thiophene rings is 1. The number of carbonyl (C=O) groups is 2. The summed E-state index contributed by atoms with van der Waals surface area (Å²) in [7, 11) is 1.59. The summed E-state index contributed by atoms with van der Waals surface area (Å²) in [6.45, 7) is 6.61. The lowest BCUT2D eigenvalue weighted by molar-refractivity contribution is -0.139. The van der Waals surface area contributed by atoms with Gasteiger partial charge in [-0.05, 0) is 19.1 Å². The van der Waals surface area contributed by atoms with Gasteiger partial charge < -0.3 is 20.1 Å². The van der Waals surface area contributed by atoms with Crippen LogP contribution in [-0.4, -0.2) is 69.8 Å². The van der Waals surface area contributed by atoms with Gasteiger partial charge in [-0.15, -0.1) is 11.3 Å². The zero-order valence-corrected chi connectivity index (χ0v) is 15.0. The number of morpholine rings is 1. The van der Waals surface area contributed by atoms with Gasteiger partial charge in [0, 0.05) is 49.6 Å². The van der Waals surface area contributed by atoms with Crippen LogP contribution in [0.25, 0.3) is 0 Å². The third-order valence-corrected chi connectivity index (χ3v) is 4.93. The molecular weight excluding hydrogens is 330 g/mol. The SMILES string of the molecule is COC(CNC(=O)C(=O)NCCN1CCOCC1)c1ccc(C)s1. The molecule has 1 unspecified atom stereocenters. The van der Waals surface area contributed by atoms with E-state index in [4.69, 9.17) is 9.47 Å².